The summed E-state index contributed by atoms with van der Waals surface area (Å²) in [5, 5.41) is 18.4. The average molecular weight is 2250 g/mol. The van der Waals surface area contributed by atoms with E-state index >= 15 is 0 Å². The first-order valence-electron chi connectivity index (χ1n) is 47.5. The van der Waals surface area contributed by atoms with Crippen molar-refractivity contribution in [1.29, 1.82) is 0 Å². The maximum Gasteiger partial charge on any atom is 0.0541 e. The molecule has 1 fully saturated rings. The summed E-state index contributed by atoms with van der Waals surface area (Å²) in [6, 6.07) is 174. The van der Waals surface area contributed by atoms with Crippen LogP contribution in [0.3, 0.4) is 0 Å². The molecule has 26 rings (SSSR count). The van der Waals surface area contributed by atoms with Gasteiger partial charge in [-0.25, -0.2) is 0 Å². The fourth-order valence-corrected chi connectivity index (χ4v) is 20.0. The second kappa shape index (κ2) is 50.2. The summed E-state index contributed by atoms with van der Waals surface area (Å²) in [6.07, 6.45) is 3.64. The van der Waals surface area contributed by atoms with Crippen LogP contribution in [0, 0.1) is 3.57 Å². The summed E-state index contributed by atoms with van der Waals surface area (Å²) in [7, 11) is 4.00. The Balaban J connectivity index is 0.000000115. The van der Waals surface area contributed by atoms with Gasteiger partial charge in [-0.15, -0.1) is 0 Å². The molecule has 24 aromatic rings. The van der Waals surface area contributed by atoms with Crippen LogP contribution < -0.4 is 4.65 Å². The van der Waals surface area contributed by atoms with Gasteiger partial charge in [0.15, 0.2) is 0 Å². The Morgan fingerprint density at radius 1 is 0.308 bits per heavy atom. The van der Waals surface area contributed by atoms with Gasteiger partial charge < -0.3 is 32.7 Å². The number of ether oxygens (including phenoxy) is 1. The van der Waals surface area contributed by atoms with E-state index in [1.165, 1.54) is 193 Å². The Morgan fingerprint density at radius 2 is 0.566 bits per heavy atom. The smallest absolute Gasteiger partial charge is 0.0541 e. The molecule has 17 heteroatoms. The van der Waals surface area contributed by atoms with E-state index in [9.17, 15) is 4.39 Å². The number of hydrogen-bond donors (Lipinski definition) is 2. The minimum absolute atomic E-state index is 0.639. The quantitative estimate of drug-likeness (QED) is 0.0814. The standard InChI is InChI=1S/2C24H16BrN.C24H17N.C18H12BrN.C13H9Br.C12H9I.C6H6BO2.C4H8O.CH3F.BHNS/c25-19-12-14-24-22(16-19)21-15-18(17-7-3-1-4-8-17)11-13-23(21)26(24)20-9-5-2-6-10-20;25-19-12-15-24-22(16-19)21-8-4-5-9-23(21)26(24)20-13-10-18(11-14-20)17-6-2-1-3-7-17;1-3-9-18(10-4-1)19-15-16-24-22(17-19)21-13-7-8-14-23(21)25(24)20-11-5-2-6-12-20;19-13-10-11-18-16(12-13)15-8-4-5-9-17(15)20(18)14-6-2-1-3-7-14;14-11-6-5-10-7-9-3-1-2-4-12(9)13(10)8-11;13-12-8-6-11(7-9-12)10-4-2-1-3-5-10;8-7-9-6-4-2-1-3-5-6;1-2-4-5-3-1;1-2;1-2-3/h2*1-16H;1-17H;1-12H;1-6,8H,7H2;1-9H;1-5,8H;1-4H2;1H3;3H/i;;;;;;;;1D;. The zero-order valence-electron chi connectivity index (χ0n) is 79.0. The first kappa shape index (κ1) is 99.3. The van der Waals surface area contributed by atoms with Crippen LogP contribution in [0.5, 0.6) is 5.75 Å². The van der Waals surface area contributed by atoms with Crippen molar-refractivity contribution in [3.63, 3.8) is 0 Å². The van der Waals surface area contributed by atoms with E-state index < -0.39 is 7.15 Å². The molecule has 0 saturated carbocycles. The Hall–Kier alpha value is -13.8. The largest absolute Gasteiger partial charge is 0.309 e. The molecule has 698 valence electrons. The molecule has 1 aliphatic heterocycles. The molecule has 0 bridgehead atoms. The number of para-hydroxylation sites is 7. The molecule has 1 saturated heterocycles. The van der Waals surface area contributed by atoms with E-state index in [0.29, 0.717) is 13.4 Å². The van der Waals surface area contributed by atoms with Crippen molar-refractivity contribution in [2.45, 2.75) is 19.3 Å². The second-order valence-corrected chi connectivity index (χ2v) is 38.6. The molecule has 5 heterocycles. The van der Waals surface area contributed by atoms with Gasteiger partial charge in [0.05, 0.1) is 58.4 Å². The SMILES string of the molecule is Brc1ccc2c(c1)-c1ccccc1C2.Brc1ccc2c(c1)c1cc(-c3ccccc3)ccc1n2-c1ccccc1.Brc1ccc2c(c1)c1ccccc1n2-c1ccc(-c2ccccc2)cc1.Brc1ccc2c(c1)c1ccccc1n2-c1ccccc1.C1CCOC1.Ic1ccc(-c2ccccc2)cc1.O[B]Oc1ccccc1.[2H]CF.[B]=NS.c1ccc(-c2ccc3c(c2)c2ccccc2n3-c2ccccc2)cc1. The maximum absolute atomic E-state index is 9.96. The summed E-state index contributed by atoms with van der Waals surface area (Å²) >= 11 is 19.8. The maximum atomic E-state index is 9.96. The number of thiol groups is 1. The number of hydrogen-bond acceptors (Lipinski definition) is 5. The van der Waals surface area contributed by atoms with Crippen LogP contribution >= 0.6 is 99.1 Å². The first-order chi connectivity index (χ1) is 70.8. The molecule has 1 N–H and O–H groups in total. The van der Waals surface area contributed by atoms with E-state index in [2.05, 4.69) is 583 Å². The zero-order chi connectivity index (χ0) is 99.3. The van der Waals surface area contributed by atoms with Crippen LogP contribution in [0.2, 0.25) is 0 Å². The third-order valence-corrected chi connectivity index (χ3v) is 27.3. The van der Waals surface area contributed by atoms with Crippen LogP contribution in [0.15, 0.2) is 520 Å². The zero-order valence-corrected chi connectivity index (χ0v) is 87.4. The summed E-state index contributed by atoms with van der Waals surface area (Å²) in [5.41, 5.74) is 30.3. The monoisotopic (exact) mass is 2240 g/mol. The van der Waals surface area contributed by atoms with Crippen LogP contribution in [-0.4, -0.2) is 59.0 Å². The number of nitrogens with zero attached hydrogens (tertiary/aromatic N) is 5. The van der Waals surface area contributed by atoms with Crippen molar-refractivity contribution in [2.24, 2.45) is 4.30 Å². The first-order valence-corrected chi connectivity index (χ1v) is 51.4. The van der Waals surface area contributed by atoms with Crippen molar-refractivity contribution in [2.75, 3.05) is 20.4 Å². The molecular formula is C126H97B2Br4FIN5O3S. The van der Waals surface area contributed by atoms with Crippen molar-refractivity contribution in [1.82, 2.24) is 18.3 Å². The molecule has 143 heavy (non-hydrogen) atoms. The van der Waals surface area contributed by atoms with Crippen LogP contribution in [0.1, 0.15) is 25.3 Å². The minimum atomic E-state index is -1.00. The Kier molecular flexibility index (Phi) is 34.9. The van der Waals surface area contributed by atoms with E-state index in [1.54, 1.807) is 12.1 Å². The predicted molar refractivity (Wildman–Crippen MR) is 629 cm³/mol. The van der Waals surface area contributed by atoms with Gasteiger partial charge >= 0.3 is 32.4 Å². The topological polar surface area (TPSA) is 70.8 Å². The third-order valence-electron chi connectivity index (χ3n) is 24.6. The molecule has 20 aromatic carbocycles. The summed E-state index contributed by atoms with van der Waals surface area (Å²) in [5.74, 6) is 0.639. The molecule has 0 amide bonds. The van der Waals surface area contributed by atoms with Gasteiger partial charge in [-0.05, 0) is 291 Å². The van der Waals surface area contributed by atoms with Crippen LogP contribution in [-0.2, 0) is 11.2 Å². The summed E-state index contributed by atoms with van der Waals surface area (Å²) in [4.78, 5) is 0. The summed E-state index contributed by atoms with van der Waals surface area (Å²) in [6.45, 7) is 2.00. The number of rotatable bonds is 10. The minimum Gasteiger partial charge on any atom is -0.309 e. The van der Waals surface area contributed by atoms with Crippen LogP contribution in [0.25, 0.3) is 166 Å². The van der Waals surface area contributed by atoms with E-state index in [0.717, 1.165) is 37.5 Å². The molecule has 8 nitrogen and oxygen atoms in total. The Bertz CT molecular complexity index is 8350. The van der Waals surface area contributed by atoms with E-state index in [4.69, 9.17) is 11.1 Å². The molecule has 1 aliphatic carbocycles. The third kappa shape index (κ3) is 24.6. The molecular weight excluding hydrogens is 2150 g/mol. The Morgan fingerprint density at radius 3 is 0.937 bits per heavy atom. The van der Waals surface area contributed by atoms with Crippen molar-refractivity contribution in [3.05, 3.63) is 530 Å². The van der Waals surface area contributed by atoms with Crippen molar-refractivity contribution < 1.29 is 20.2 Å². The predicted octanol–water partition coefficient (Wildman–Crippen LogP) is 36.6. The van der Waals surface area contributed by atoms with Crippen molar-refractivity contribution in [3.8, 4) is 84.1 Å². The van der Waals surface area contributed by atoms with Gasteiger partial charge in [0.2, 0.25) is 0 Å². The number of fused-ring (bicyclic) bond motifs is 15. The number of aromatic nitrogens is 4. The van der Waals surface area contributed by atoms with E-state index in [-0.39, 0.29) is 0 Å². The number of alkyl halides is 1. The molecule has 0 spiro atoms. The van der Waals surface area contributed by atoms with Gasteiger partial charge in [-0.1, -0.05) is 379 Å². The number of benzene rings is 20. The molecule has 0 atom stereocenters. The van der Waals surface area contributed by atoms with Gasteiger partial charge in [0.1, 0.15) is 0 Å². The van der Waals surface area contributed by atoms with Crippen molar-refractivity contribution >= 4 is 202 Å². The van der Waals surface area contributed by atoms with Gasteiger partial charge in [-0.3, -0.25) is 4.39 Å². The summed E-state index contributed by atoms with van der Waals surface area (Å²) < 4.78 is 42.9. The fraction of sp³-hybridized carbons (Fsp3) is 0.0476. The van der Waals surface area contributed by atoms with Crippen LogP contribution in [0.4, 0.5) is 4.39 Å². The Labute approximate surface area is 889 Å². The van der Waals surface area contributed by atoms with E-state index in [1.807, 2.05) is 36.4 Å². The second-order valence-electron chi connectivity index (χ2n) is 33.5. The van der Waals surface area contributed by atoms with Gasteiger partial charge in [0.25, 0.3) is 0 Å². The molecule has 0 unspecified atom stereocenters. The van der Waals surface area contributed by atoms with Gasteiger partial charge in [-0.2, -0.15) is 0 Å². The molecule has 2 aliphatic rings. The van der Waals surface area contributed by atoms with Gasteiger partial charge in [0, 0.05) is 101 Å². The number of halogens is 6. The molecule has 4 aromatic heterocycles. The fourth-order valence-electron chi connectivity index (χ4n) is 18.2. The molecule has 2 radical (unpaired) electrons. The average Bonchev–Trinajstić information content (AvgIpc) is 1.53. The normalized spacial score (nSPS) is 11.3.